The van der Waals surface area contributed by atoms with Gasteiger partial charge in [0, 0.05) is 12.3 Å². The van der Waals surface area contributed by atoms with Crippen LogP contribution in [0.3, 0.4) is 0 Å². The van der Waals surface area contributed by atoms with Crippen LogP contribution in [0.15, 0.2) is 24.3 Å². The van der Waals surface area contributed by atoms with Crippen LogP contribution in [0.5, 0.6) is 0 Å². The van der Waals surface area contributed by atoms with Crippen LogP contribution in [0, 0.1) is 5.92 Å². The molecule has 5 heteroatoms. The van der Waals surface area contributed by atoms with Crippen LogP contribution in [-0.4, -0.2) is 23.2 Å². The molecule has 1 amide bonds. The van der Waals surface area contributed by atoms with Gasteiger partial charge in [-0.25, -0.2) is 4.98 Å². The van der Waals surface area contributed by atoms with Gasteiger partial charge in [-0.15, -0.1) is 23.1 Å². The maximum Gasteiger partial charge on any atom is 0.230 e. The van der Waals surface area contributed by atoms with Gasteiger partial charge in [-0.1, -0.05) is 26.0 Å². The second kappa shape index (κ2) is 6.91. The van der Waals surface area contributed by atoms with Crippen LogP contribution in [0.25, 0.3) is 10.2 Å². The third kappa shape index (κ3) is 4.51. The van der Waals surface area contributed by atoms with E-state index in [0.717, 1.165) is 22.8 Å². The number of rotatable bonds is 6. The number of hydrogen-bond acceptors (Lipinski definition) is 4. The number of aromatic nitrogens is 1. The molecule has 0 radical (unpaired) electrons. The number of para-hydroxylation sites is 1. The topological polar surface area (TPSA) is 42.0 Å². The van der Waals surface area contributed by atoms with Gasteiger partial charge in [0.25, 0.3) is 0 Å². The predicted octanol–water partition coefficient (Wildman–Crippen LogP) is 3.30. The van der Waals surface area contributed by atoms with Gasteiger partial charge in [0.1, 0.15) is 5.01 Å². The van der Waals surface area contributed by atoms with Gasteiger partial charge >= 0.3 is 0 Å². The van der Waals surface area contributed by atoms with Gasteiger partial charge in [0.05, 0.1) is 16.0 Å². The number of fused-ring (bicyclic) bond motifs is 1. The van der Waals surface area contributed by atoms with Gasteiger partial charge in [0.2, 0.25) is 5.91 Å². The summed E-state index contributed by atoms with van der Waals surface area (Å²) >= 11 is 3.32. The van der Waals surface area contributed by atoms with Crippen molar-refractivity contribution in [1.82, 2.24) is 10.3 Å². The number of nitrogens with zero attached hydrogens (tertiary/aromatic N) is 1. The highest BCUT2D eigenvalue weighted by molar-refractivity contribution is 7.99. The predicted molar refractivity (Wildman–Crippen MR) is 83.6 cm³/mol. The van der Waals surface area contributed by atoms with E-state index in [1.165, 1.54) is 4.70 Å². The molecule has 3 nitrogen and oxygen atoms in total. The first-order valence-electron chi connectivity index (χ1n) is 6.34. The van der Waals surface area contributed by atoms with Gasteiger partial charge in [-0.2, -0.15) is 0 Å². The summed E-state index contributed by atoms with van der Waals surface area (Å²) in [7, 11) is 0. The van der Waals surface area contributed by atoms with Crippen LogP contribution < -0.4 is 5.32 Å². The summed E-state index contributed by atoms with van der Waals surface area (Å²) in [6.07, 6.45) is 0. The monoisotopic (exact) mass is 294 g/mol. The summed E-state index contributed by atoms with van der Waals surface area (Å²) in [5, 5.41) is 4.00. The lowest BCUT2D eigenvalue weighted by Gasteiger charge is -2.06. The first-order valence-corrected chi connectivity index (χ1v) is 8.31. The third-order valence-electron chi connectivity index (χ3n) is 2.50. The van der Waals surface area contributed by atoms with Crippen LogP contribution in [0.4, 0.5) is 0 Å². The zero-order chi connectivity index (χ0) is 13.7. The van der Waals surface area contributed by atoms with Crippen LogP contribution >= 0.6 is 23.1 Å². The molecule has 0 aliphatic heterocycles. The van der Waals surface area contributed by atoms with Crippen molar-refractivity contribution in [2.75, 3.05) is 12.3 Å². The fourth-order valence-electron chi connectivity index (χ4n) is 1.58. The largest absolute Gasteiger partial charge is 0.355 e. The van der Waals surface area contributed by atoms with Gasteiger partial charge in [-0.05, 0) is 18.1 Å². The average molecular weight is 294 g/mol. The molecule has 102 valence electrons. The average Bonchev–Trinajstić information content (AvgIpc) is 2.79. The molecule has 0 aliphatic carbocycles. The number of benzene rings is 1. The molecule has 0 spiro atoms. The second-order valence-electron chi connectivity index (χ2n) is 4.77. The first kappa shape index (κ1) is 14.3. The van der Waals surface area contributed by atoms with E-state index in [9.17, 15) is 4.79 Å². The number of amides is 1. The molecule has 0 saturated carbocycles. The van der Waals surface area contributed by atoms with Crippen molar-refractivity contribution < 1.29 is 4.79 Å². The van der Waals surface area contributed by atoms with E-state index in [1.54, 1.807) is 23.1 Å². The van der Waals surface area contributed by atoms with Crippen molar-refractivity contribution in [3.8, 4) is 0 Å². The lowest BCUT2D eigenvalue weighted by molar-refractivity contribution is -0.118. The summed E-state index contributed by atoms with van der Waals surface area (Å²) in [4.78, 5) is 16.1. The summed E-state index contributed by atoms with van der Waals surface area (Å²) in [5.41, 5.74) is 1.05. The quantitative estimate of drug-likeness (QED) is 0.889. The van der Waals surface area contributed by atoms with Crippen LogP contribution in [0.1, 0.15) is 18.9 Å². The molecule has 0 bridgehead atoms. The summed E-state index contributed by atoms with van der Waals surface area (Å²) in [6.45, 7) is 4.93. The van der Waals surface area contributed by atoms with E-state index in [1.807, 2.05) is 18.2 Å². The number of carbonyl (C=O) groups excluding carboxylic acids is 1. The van der Waals surface area contributed by atoms with Crippen LogP contribution in [-0.2, 0) is 10.5 Å². The Morgan fingerprint density at radius 1 is 1.42 bits per heavy atom. The molecular weight excluding hydrogens is 276 g/mol. The SMILES string of the molecule is CC(C)CNC(=O)CSCc1nc2ccccc2s1. The zero-order valence-electron chi connectivity index (χ0n) is 11.2. The minimum Gasteiger partial charge on any atom is -0.355 e. The van der Waals surface area contributed by atoms with Crippen molar-refractivity contribution in [2.24, 2.45) is 5.92 Å². The molecule has 0 atom stereocenters. The lowest BCUT2D eigenvalue weighted by atomic mass is 10.2. The standard InChI is InChI=1S/C14H18N2OS2/c1-10(2)7-15-13(17)8-18-9-14-16-11-5-3-4-6-12(11)19-14/h3-6,10H,7-9H2,1-2H3,(H,15,17). The highest BCUT2D eigenvalue weighted by atomic mass is 32.2. The van der Waals surface area contributed by atoms with Gasteiger partial charge in [0.15, 0.2) is 0 Å². The fraction of sp³-hybridized carbons (Fsp3) is 0.429. The molecule has 0 fully saturated rings. The normalized spacial score (nSPS) is 11.1. The number of thioether (sulfide) groups is 1. The molecular formula is C14H18N2OS2. The molecule has 2 rings (SSSR count). The third-order valence-corrected chi connectivity index (χ3v) is 4.67. The Bertz CT molecular complexity index is 518. The Balaban J connectivity index is 1.77. The number of hydrogen-bond donors (Lipinski definition) is 1. The number of carbonyl (C=O) groups is 1. The fourth-order valence-corrected chi connectivity index (χ4v) is 3.46. The maximum atomic E-state index is 11.6. The summed E-state index contributed by atoms with van der Waals surface area (Å²) in [6, 6.07) is 8.13. The minimum absolute atomic E-state index is 0.111. The molecule has 19 heavy (non-hydrogen) atoms. The molecule has 0 saturated heterocycles. The Hall–Kier alpha value is -1.07. The number of thiazole rings is 1. The smallest absolute Gasteiger partial charge is 0.230 e. The van der Waals surface area contributed by atoms with Crippen molar-refractivity contribution in [1.29, 1.82) is 0 Å². The van der Waals surface area contributed by atoms with Crippen molar-refractivity contribution in [3.63, 3.8) is 0 Å². The Kier molecular flexibility index (Phi) is 5.22. The maximum absolute atomic E-state index is 11.6. The second-order valence-corrected chi connectivity index (χ2v) is 6.87. The lowest BCUT2D eigenvalue weighted by Crippen LogP contribution is -2.28. The van der Waals surface area contributed by atoms with E-state index in [-0.39, 0.29) is 5.91 Å². The van der Waals surface area contributed by atoms with E-state index in [4.69, 9.17) is 0 Å². The highest BCUT2D eigenvalue weighted by Crippen LogP contribution is 2.24. The Labute approximate surface area is 121 Å². The summed E-state index contributed by atoms with van der Waals surface area (Å²) < 4.78 is 1.21. The van der Waals surface area contributed by atoms with Crippen LogP contribution in [0.2, 0.25) is 0 Å². The molecule has 0 aliphatic rings. The van der Waals surface area contributed by atoms with E-state index in [2.05, 4.69) is 30.2 Å². The highest BCUT2D eigenvalue weighted by Gasteiger charge is 2.06. The van der Waals surface area contributed by atoms with Gasteiger partial charge in [-0.3, -0.25) is 4.79 Å². The van der Waals surface area contributed by atoms with E-state index >= 15 is 0 Å². The molecule has 1 N–H and O–H groups in total. The minimum atomic E-state index is 0.111. The van der Waals surface area contributed by atoms with Crippen molar-refractivity contribution >= 4 is 39.2 Å². The summed E-state index contributed by atoms with van der Waals surface area (Å²) in [5.74, 6) is 1.91. The van der Waals surface area contributed by atoms with Gasteiger partial charge < -0.3 is 5.32 Å². The van der Waals surface area contributed by atoms with E-state index < -0.39 is 0 Å². The first-order chi connectivity index (χ1) is 9.15. The van der Waals surface area contributed by atoms with E-state index in [0.29, 0.717) is 11.7 Å². The number of nitrogens with one attached hydrogen (secondary N) is 1. The molecule has 1 aromatic heterocycles. The molecule has 2 aromatic rings. The Morgan fingerprint density at radius 2 is 2.21 bits per heavy atom. The Morgan fingerprint density at radius 3 is 2.95 bits per heavy atom. The molecule has 1 heterocycles. The zero-order valence-corrected chi connectivity index (χ0v) is 12.8. The van der Waals surface area contributed by atoms with Crippen molar-refractivity contribution in [3.05, 3.63) is 29.3 Å². The molecule has 1 aromatic carbocycles. The molecule has 0 unspecified atom stereocenters. The van der Waals surface area contributed by atoms with Crippen molar-refractivity contribution in [2.45, 2.75) is 19.6 Å².